The summed E-state index contributed by atoms with van der Waals surface area (Å²) in [6.45, 7) is 6.34. The van der Waals surface area contributed by atoms with Gasteiger partial charge >= 0.3 is 6.09 Å². The number of carbonyl (C=O) groups is 1. The Labute approximate surface area is 96.1 Å². The minimum Gasteiger partial charge on any atom is -0.445 e. The maximum Gasteiger partial charge on any atom is 0.407 e. The third-order valence-electron chi connectivity index (χ3n) is 2.25. The quantitative estimate of drug-likeness (QED) is 0.773. The molecule has 1 N–H and O–H groups in total. The largest absolute Gasteiger partial charge is 0.445 e. The second-order valence-electron chi connectivity index (χ2n) is 3.58. The summed E-state index contributed by atoms with van der Waals surface area (Å²) < 4.78 is 4.81. The van der Waals surface area contributed by atoms with Crippen molar-refractivity contribution in [2.75, 3.05) is 13.2 Å². The molecule has 0 aliphatic carbocycles. The van der Waals surface area contributed by atoms with Crippen LogP contribution >= 0.6 is 0 Å². The van der Waals surface area contributed by atoms with Crippen LogP contribution in [0.25, 0.3) is 0 Å². The first kappa shape index (κ1) is 12.3. The average molecular weight is 219 g/mol. The van der Waals surface area contributed by atoms with E-state index in [2.05, 4.69) is 18.8 Å². The van der Waals surface area contributed by atoms with E-state index in [0.717, 1.165) is 0 Å². The van der Waals surface area contributed by atoms with Gasteiger partial charge < -0.3 is 10.1 Å². The lowest BCUT2D eigenvalue weighted by atomic mass is 10.0. The zero-order valence-corrected chi connectivity index (χ0v) is 9.48. The molecule has 0 fully saturated rings. The molecule has 0 heterocycles. The monoisotopic (exact) mass is 219 g/mol. The smallest absolute Gasteiger partial charge is 0.407 e. The molecule has 1 amide bonds. The van der Waals surface area contributed by atoms with Gasteiger partial charge in [-0.05, 0) is 11.5 Å². The van der Waals surface area contributed by atoms with Crippen molar-refractivity contribution in [2.45, 2.75) is 12.8 Å². The van der Waals surface area contributed by atoms with Crippen molar-refractivity contribution in [1.82, 2.24) is 5.32 Å². The standard InChI is InChI=1S/C13H17NO2/c1-3-9-16-13(15)14-10-11(2)12-7-5-4-6-8-12/h3-8,11H,1,9-10H2,2H3,(H,14,15). The Morgan fingerprint density at radius 3 is 2.81 bits per heavy atom. The molecular weight excluding hydrogens is 202 g/mol. The molecule has 1 rings (SSSR count). The fourth-order valence-corrected chi connectivity index (χ4v) is 1.32. The molecule has 0 aromatic heterocycles. The number of amides is 1. The van der Waals surface area contributed by atoms with Gasteiger partial charge in [-0.3, -0.25) is 0 Å². The highest BCUT2D eigenvalue weighted by atomic mass is 16.5. The van der Waals surface area contributed by atoms with E-state index >= 15 is 0 Å². The van der Waals surface area contributed by atoms with Crippen LogP contribution in [-0.2, 0) is 4.74 Å². The first-order chi connectivity index (χ1) is 7.74. The summed E-state index contributed by atoms with van der Waals surface area (Å²) >= 11 is 0. The van der Waals surface area contributed by atoms with Crippen molar-refractivity contribution in [2.24, 2.45) is 0 Å². The average Bonchev–Trinajstić information content (AvgIpc) is 2.34. The molecule has 0 spiro atoms. The molecule has 1 aromatic rings. The summed E-state index contributed by atoms with van der Waals surface area (Å²) in [5, 5.41) is 2.71. The molecular formula is C13H17NO2. The number of benzene rings is 1. The number of rotatable bonds is 5. The van der Waals surface area contributed by atoms with Crippen molar-refractivity contribution in [3.05, 3.63) is 48.6 Å². The molecule has 0 radical (unpaired) electrons. The van der Waals surface area contributed by atoms with Gasteiger partial charge in [0.15, 0.2) is 0 Å². The third kappa shape index (κ3) is 4.17. The number of ether oxygens (including phenoxy) is 1. The number of hydrogen-bond donors (Lipinski definition) is 1. The predicted octanol–water partition coefficient (Wildman–Crippen LogP) is 2.70. The van der Waals surface area contributed by atoms with Gasteiger partial charge in [-0.1, -0.05) is 49.9 Å². The highest BCUT2D eigenvalue weighted by Crippen LogP contribution is 2.12. The Morgan fingerprint density at radius 2 is 2.19 bits per heavy atom. The summed E-state index contributed by atoms with van der Waals surface area (Å²) in [6, 6.07) is 10.0. The van der Waals surface area contributed by atoms with Crippen LogP contribution in [0.1, 0.15) is 18.4 Å². The lowest BCUT2D eigenvalue weighted by Crippen LogP contribution is -2.28. The molecule has 0 aliphatic heterocycles. The van der Waals surface area contributed by atoms with Gasteiger partial charge in [-0.15, -0.1) is 0 Å². The van der Waals surface area contributed by atoms with Crippen molar-refractivity contribution < 1.29 is 9.53 Å². The van der Waals surface area contributed by atoms with E-state index in [1.54, 1.807) is 6.08 Å². The van der Waals surface area contributed by atoms with Crippen LogP contribution in [0.5, 0.6) is 0 Å². The van der Waals surface area contributed by atoms with Crippen molar-refractivity contribution in [3.8, 4) is 0 Å². The zero-order chi connectivity index (χ0) is 11.8. The van der Waals surface area contributed by atoms with Gasteiger partial charge in [0, 0.05) is 6.54 Å². The van der Waals surface area contributed by atoms with Crippen LogP contribution in [-0.4, -0.2) is 19.2 Å². The summed E-state index contributed by atoms with van der Waals surface area (Å²) in [6.07, 6.45) is 1.14. The van der Waals surface area contributed by atoms with Crippen LogP contribution < -0.4 is 5.32 Å². The van der Waals surface area contributed by atoms with Gasteiger partial charge in [-0.25, -0.2) is 4.79 Å². The van der Waals surface area contributed by atoms with Crippen LogP contribution in [0.4, 0.5) is 4.79 Å². The number of carbonyl (C=O) groups excluding carboxylic acids is 1. The van der Waals surface area contributed by atoms with E-state index in [0.29, 0.717) is 6.54 Å². The van der Waals surface area contributed by atoms with Gasteiger partial charge in [0.1, 0.15) is 6.61 Å². The van der Waals surface area contributed by atoms with Crippen LogP contribution in [0.3, 0.4) is 0 Å². The van der Waals surface area contributed by atoms with Gasteiger partial charge in [0.25, 0.3) is 0 Å². The van der Waals surface area contributed by atoms with Crippen molar-refractivity contribution in [3.63, 3.8) is 0 Å². The minimum atomic E-state index is -0.400. The maximum absolute atomic E-state index is 11.2. The minimum absolute atomic E-state index is 0.242. The Balaban J connectivity index is 2.33. The summed E-state index contributed by atoms with van der Waals surface area (Å²) in [5.41, 5.74) is 1.20. The third-order valence-corrected chi connectivity index (χ3v) is 2.25. The topological polar surface area (TPSA) is 38.3 Å². The van der Waals surface area contributed by atoms with E-state index in [1.165, 1.54) is 5.56 Å². The lowest BCUT2D eigenvalue weighted by molar-refractivity contribution is 0.158. The van der Waals surface area contributed by atoms with E-state index in [1.807, 2.05) is 30.3 Å². The normalized spacial score (nSPS) is 11.6. The Morgan fingerprint density at radius 1 is 1.50 bits per heavy atom. The number of nitrogens with one attached hydrogen (secondary N) is 1. The van der Waals surface area contributed by atoms with Gasteiger partial charge in [-0.2, -0.15) is 0 Å². The van der Waals surface area contributed by atoms with Crippen LogP contribution in [0.2, 0.25) is 0 Å². The highest BCUT2D eigenvalue weighted by molar-refractivity contribution is 5.67. The molecule has 3 heteroatoms. The molecule has 16 heavy (non-hydrogen) atoms. The van der Waals surface area contributed by atoms with E-state index in [4.69, 9.17) is 4.74 Å². The summed E-state index contributed by atoms with van der Waals surface area (Å²) in [4.78, 5) is 11.2. The Kier molecular flexibility index (Phi) is 5.12. The fourth-order valence-electron chi connectivity index (χ4n) is 1.32. The van der Waals surface area contributed by atoms with Crippen LogP contribution in [0.15, 0.2) is 43.0 Å². The molecule has 0 bridgehead atoms. The van der Waals surface area contributed by atoms with Crippen LogP contribution in [0, 0.1) is 0 Å². The maximum atomic E-state index is 11.2. The van der Waals surface area contributed by atoms with Gasteiger partial charge in [0.05, 0.1) is 0 Å². The molecule has 0 saturated carbocycles. The molecule has 0 aliphatic rings. The van der Waals surface area contributed by atoms with Gasteiger partial charge in [0.2, 0.25) is 0 Å². The number of hydrogen-bond acceptors (Lipinski definition) is 2. The lowest BCUT2D eigenvalue weighted by Gasteiger charge is -2.12. The van der Waals surface area contributed by atoms with Crippen molar-refractivity contribution in [1.29, 1.82) is 0 Å². The Bertz CT molecular complexity index is 335. The molecule has 1 aromatic carbocycles. The van der Waals surface area contributed by atoms with E-state index < -0.39 is 6.09 Å². The van der Waals surface area contributed by atoms with Crippen molar-refractivity contribution >= 4 is 6.09 Å². The first-order valence-corrected chi connectivity index (χ1v) is 5.30. The summed E-state index contributed by atoms with van der Waals surface area (Å²) in [7, 11) is 0. The first-order valence-electron chi connectivity index (χ1n) is 5.30. The Hall–Kier alpha value is -1.77. The number of alkyl carbamates (subject to hydrolysis) is 1. The van der Waals surface area contributed by atoms with E-state index in [-0.39, 0.29) is 12.5 Å². The molecule has 1 atom stereocenters. The van der Waals surface area contributed by atoms with E-state index in [9.17, 15) is 4.79 Å². The molecule has 1 unspecified atom stereocenters. The second-order valence-corrected chi connectivity index (χ2v) is 3.58. The summed E-state index contributed by atoms with van der Waals surface area (Å²) in [5.74, 6) is 0.275. The molecule has 3 nitrogen and oxygen atoms in total. The highest BCUT2D eigenvalue weighted by Gasteiger charge is 2.07. The predicted molar refractivity (Wildman–Crippen MR) is 64.4 cm³/mol. The SMILES string of the molecule is C=CCOC(=O)NCC(C)c1ccccc1. The molecule has 0 saturated heterocycles. The fraction of sp³-hybridized carbons (Fsp3) is 0.308. The molecule has 86 valence electrons. The second kappa shape index (κ2) is 6.67. The zero-order valence-electron chi connectivity index (χ0n) is 9.48.